The SMILES string of the molecule is Cc1cc(C)cc(NC(=S)N2CC[C@@H](c3ccccc3)C2)c1. The van der Waals surface area contributed by atoms with E-state index < -0.39 is 0 Å². The van der Waals surface area contributed by atoms with Gasteiger partial charge in [0, 0.05) is 24.7 Å². The van der Waals surface area contributed by atoms with E-state index in [0.29, 0.717) is 5.92 Å². The second kappa shape index (κ2) is 6.49. The summed E-state index contributed by atoms with van der Waals surface area (Å²) in [6, 6.07) is 17.2. The topological polar surface area (TPSA) is 15.3 Å². The Morgan fingerprint density at radius 1 is 1.09 bits per heavy atom. The molecule has 0 aromatic heterocycles. The number of anilines is 1. The van der Waals surface area contributed by atoms with E-state index in [2.05, 4.69) is 72.6 Å². The zero-order valence-electron chi connectivity index (χ0n) is 13.2. The molecule has 2 nitrogen and oxygen atoms in total. The van der Waals surface area contributed by atoms with Gasteiger partial charge < -0.3 is 10.2 Å². The molecule has 1 fully saturated rings. The molecule has 1 atom stereocenters. The summed E-state index contributed by atoms with van der Waals surface area (Å²) in [7, 11) is 0. The number of rotatable bonds is 2. The van der Waals surface area contributed by atoms with Crippen molar-refractivity contribution in [3.8, 4) is 0 Å². The average Bonchev–Trinajstić information content (AvgIpc) is 2.97. The third kappa shape index (κ3) is 3.47. The average molecular weight is 310 g/mol. The molecule has 0 saturated carbocycles. The maximum Gasteiger partial charge on any atom is 0.173 e. The predicted octanol–water partition coefficient (Wildman–Crippen LogP) is 4.49. The van der Waals surface area contributed by atoms with E-state index >= 15 is 0 Å². The van der Waals surface area contributed by atoms with Crippen LogP contribution in [-0.4, -0.2) is 23.1 Å². The Morgan fingerprint density at radius 2 is 1.77 bits per heavy atom. The van der Waals surface area contributed by atoms with Crippen molar-refractivity contribution < 1.29 is 0 Å². The Labute approximate surface area is 138 Å². The highest BCUT2D eigenvalue weighted by Crippen LogP contribution is 2.27. The van der Waals surface area contributed by atoms with Gasteiger partial charge in [0.25, 0.3) is 0 Å². The van der Waals surface area contributed by atoms with Crippen LogP contribution in [0, 0.1) is 13.8 Å². The summed E-state index contributed by atoms with van der Waals surface area (Å²) in [6.07, 6.45) is 1.17. The molecule has 1 aliphatic heterocycles. The Bertz CT molecular complexity index is 646. The third-order valence-electron chi connectivity index (χ3n) is 4.22. The largest absolute Gasteiger partial charge is 0.348 e. The van der Waals surface area contributed by atoms with Crippen LogP contribution in [0.15, 0.2) is 48.5 Å². The molecule has 1 saturated heterocycles. The molecule has 22 heavy (non-hydrogen) atoms. The summed E-state index contributed by atoms with van der Waals surface area (Å²) < 4.78 is 0. The summed E-state index contributed by atoms with van der Waals surface area (Å²) in [4.78, 5) is 2.28. The van der Waals surface area contributed by atoms with Crippen LogP contribution in [0.2, 0.25) is 0 Å². The lowest BCUT2D eigenvalue weighted by molar-refractivity contribution is 0.518. The van der Waals surface area contributed by atoms with Gasteiger partial charge in [0.15, 0.2) is 5.11 Å². The monoisotopic (exact) mass is 310 g/mol. The van der Waals surface area contributed by atoms with Gasteiger partial charge in [-0.15, -0.1) is 0 Å². The number of thiocarbonyl (C=S) groups is 1. The van der Waals surface area contributed by atoms with Gasteiger partial charge in [0.2, 0.25) is 0 Å². The Balaban J connectivity index is 1.64. The molecule has 0 bridgehead atoms. The molecular weight excluding hydrogens is 288 g/mol. The standard InChI is InChI=1S/C19H22N2S/c1-14-10-15(2)12-18(11-14)20-19(22)21-9-8-17(13-21)16-6-4-3-5-7-16/h3-7,10-12,17H,8-9,13H2,1-2H3,(H,20,22)/t17-/m1/s1. The minimum atomic E-state index is 0.584. The van der Waals surface area contributed by atoms with Crippen molar-refractivity contribution in [1.82, 2.24) is 4.90 Å². The molecule has 2 aromatic carbocycles. The predicted molar refractivity (Wildman–Crippen MR) is 97.5 cm³/mol. The van der Waals surface area contributed by atoms with Crippen LogP contribution in [0.4, 0.5) is 5.69 Å². The number of nitrogens with one attached hydrogen (secondary N) is 1. The number of hydrogen-bond acceptors (Lipinski definition) is 1. The number of aryl methyl sites for hydroxylation is 2. The van der Waals surface area contributed by atoms with E-state index in [1.54, 1.807) is 0 Å². The first-order valence-electron chi connectivity index (χ1n) is 7.81. The maximum atomic E-state index is 5.60. The van der Waals surface area contributed by atoms with E-state index in [9.17, 15) is 0 Å². The van der Waals surface area contributed by atoms with Crippen molar-refractivity contribution in [2.75, 3.05) is 18.4 Å². The minimum absolute atomic E-state index is 0.584. The van der Waals surface area contributed by atoms with E-state index in [-0.39, 0.29) is 0 Å². The van der Waals surface area contributed by atoms with Crippen molar-refractivity contribution in [1.29, 1.82) is 0 Å². The molecule has 3 heteroatoms. The van der Waals surface area contributed by atoms with Gasteiger partial charge in [0.1, 0.15) is 0 Å². The molecule has 2 aromatic rings. The van der Waals surface area contributed by atoms with Crippen LogP contribution in [0.5, 0.6) is 0 Å². The molecular formula is C19H22N2S. The fourth-order valence-corrected chi connectivity index (χ4v) is 3.48. The highest BCUT2D eigenvalue weighted by molar-refractivity contribution is 7.80. The quantitative estimate of drug-likeness (QED) is 0.823. The first-order valence-corrected chi connectivity index (χ1v) is 8.22. The normalized spacial score (nSPS) is 17.5. The number of benzene rings is 2. The minimum Gasteiger partial charge on any atom is -0.348 e. The van der Waals surface area contributed by atoms with E-state index in [1.807, 2.05) is 0 Å². The van der Waals surface area contributed by atoms with Gasteiger partial charge in [-0.2, -0.15) is 0 Å². The number of nitrogens with zero attached hydrogens (tertiary/aromatic N) is 1. The smallest absolute Gasteiger partial charge is 0.173 e. The van der Waals surface area contributed by atoms with Crippen molar-refractivity contribution in [2.24, 2.45) is 0 Å². The summed E-state index contributed by atoms with van der Waals surface area (Å²) in [6.45, 7) is 6.25. The van der Waals surface area contributed by atoms with Crippen LogP contribution in [0.25, 0.3) is 0 Å². The van der Waals surface area contributed by atoms with Gasteiger partial charge >= 0.3 is 0 Å². The molecule has 0 unspecified atom stereocenters. The first kappa shape index (κ1) is 15.0. The molecule has 1 heterocycles. The number of likely N-dealkylation sites (tertiary alicyclic amines) is 1. The molecule has 0 spiro atoms. The lowest BCUT2D eigenvalue weighted by Crippen LogP contribution is -2.32. The van der Waals surface area contributed by atoms with Gasteiger partial charge in [-0.1, -0.05) is 36.4 Å². The fraction of sp³-hybridized carbons (Fsp3) is 0.316. The Hall–Kier alpha value is -1.87. The van der Waals surface area contributed by atoms with Crippen molar-refractivity contribution in [3.05, 3.63) is 65.2 Å². The summed E-state index contributed by atoms with van der Waals surface area (Å²) in [5.74, 6) is 0.584. The Morgan fingerprint density at radius 3 is 2.45 bits per heavy atom. The third-order valence-corrected chi connectivity index (χ3v) is 4.58. The van der Waals surface area contributed by atoms with E-state index in [0.717, 1.165) is 23.9 Å². The lowest BCUT2D eigenvalue weighted by atomic mass is 9.99. The second-order valence-corrected chi connectivity index (χ2v) is 6.54. The van der Waals surface area contributed by atoms with Gasteiger partial charge in [-0.25, -0.2) is 0 Å². The Kier molecular flexibility index (Phi) is 4.44. The zero-order valence-corrected chi connectivity index (χ0v) is 14.0. The van der Waals surface area contributed by atoms with E-state index in [1.165, 1.54) is 23.1 Å². The van der Waals surface area contributed by atoms with Crippen molar-refractivity contribution in [2.45, 2.75) is 26.2 Å². The second-order valence-electron chi connectivity index (χ2n) is 6.15. The number of hydrogen-bond donors (Lipinski definition) is 1. The van der Waals surface area contributed by atoms with Gasteiger partial charge in [-0.3, -0.25) is 0 Å². The highest BCUT2D eigenvalue weighted by Gasteiger charge is 2.25. The summed E-state index contributed by atoms with van der Waals surface area (Å²) in [5, 5.41) is 4.23. The van der Waals surface area contributed by atoms with Crippen LogP contribution in [0.1, 0.15) is 29.0 Å². The molecule has 1 N–H and O–H groups in total. The lowest BCUT2D eigenvalue weighted by Gasteiger charge is -2.21. The summed E-state index contributed by atoms with van der Waals surface area (Å²) >= 11 is 5.60. The molecule has 1 aliphatic rings. The molecule has 0 amide bonds. The van der Waals surface area contributed by atoms with Gasteiger partial charge in [-0.05, 0) is 61.3 Å². The van der Waals surface area contributed by atoms with Crippen molar-refractivity contribution in [3.63, 3.8) is 0 Å². The van der Waals surface area contributed by atoms with Crippen molar-refractivity contribution >= 4 is 23.0 Å². The van der Waals surface area contributed by atoms with E-state index in [4.69, 9.17) is 12.2 Å². The van der Waals surface area contributed by atoms with Crippen LogP contribution < -0.4 is 5.32 Å². The maximum absolute atomic E-state index is 5.60. The van der Waals surface area contributed by atoms with Crippen LogP contribution in [-0.2, 0) is 0 Å². The first-order chi connectivity index (χ1) is 10.6. The zero-order chi connectivity index (χ0) is 15.5. The van der Waals surface area contributed by atoms with Crippen LogP contribution in [0.3, 0.4) is 0 Å². The molecule has 0 radical (unpaired) electrons. The fourth-order valence-electron chi connectivity index (χ4n) is 3.19. The highest BCUT2D eigenvalue weighted by atomic mass is 32.1. The van der Waals surface area contributed by atoms with Crippen LogP contribution >= 0.6 is 12.2 Å². The van der Waals surface area contributed by atoms with Gasteiger partial charge in [0.05, 0.1) is 0 Å². The molecule has 114 valence electrons. The molecule has 0 aliphatic carbocycles. The summed E-state index contributed by atoms with van der Waals surface area (Å²) in [5.41, 5.74) is 5.02. The molecule has 3 rings (SSSR count).